The Balaban J connectivity index is 1.48. The fourth-order valence-corrected chi connectivity index (χ4v) is 4.93. The summed E-state index contributed by atoms with van der Waals surface area (Å²) >= 11 is 0. The van der Waals surface area contributed by atoms with Gasteiger partial charge in [-0.15, -0.1) is 0 Å². The molecule has 4 aromatic carbocycles. The molecule has 9 rings (SSSR count). The van der Waals surface area contributed by atoms with Crippen LogP contribution in [0.1, 0.15) is 0 Å². The topological polar surface area (TPSA) is 104 Å². The lowest BCUT2D eigenvalue weighted by Gasteiger charge is -1.98. The van der Waals surface area contributed by atoms with E-state index in [1.54, 1.807) is 0 Å². The maximum Gasteiger partial charge on any atom is 0.231 e. The second-order valence-electron chi connectivity index (χ2n) is 8.69. The van der Waals surface area contributed by atoms with E-state index in [1.165, 1.54) is 0 Å². The average Bonchev–Trinajstić information content (AvgIpc) is 3.69. The van der Waals surface area contributed by atoms with Crippen molar-refractivity contribution < 1.29 is 17.7 Å². The summed E-state index contributed by atoms with van der Waals surface area (Å²) in [4.78, 5) is 19.0. The van der Waals surface area contributed by atoms with E-state index in [0.717, 1.165) is 0 Å². The van der Waals surface area contributed by atoms with E-state index < -0.39 is 0 Å². The second kappa shape index (κ2) is 6.25. The molecule has 1 aliphatic rings. The Bertz CT molecular complexity index is 1870. The molecule has 0 N–H and O–H groups in total. The number of aromatic nitrogens is 4. The van der Waals surface area contributed by atoms with Crippen LogP contribution in [0.4, 0.5) is 0 Å². The summed E-state index contributed by atoms with van der Waals surface area (Å²) < 4.78 is 25.2. The summed E-state index contributed by atoms with van der Waals surface area (Å²) in [7, 11) is 0. The highest BCUT2D eigenvalue weighted by Gasteiger charge is 2.24. The summed E-state index contributed by atoms with van der Waals surface area (Å²) in [5.74, 6) is 1.70. The van der Waals surface area contributed by atoms with Crippen LogP contribution in [0.5, 0.6) is 0 Å². The van der Waals surface area contributed by atoms with E-state index in [1.807, 2.05) is 72.8 Å². The van der Waals surface area contributed by atoms with Gasteiger partial charge in [0, 0.05) is 0 Å². The molecule has 0 saturated heterocycles. The van der Waals surface area contributed by atoms with Crippen molar-refractivity contribution in [2.24, 2.45) is 0 Å². The van der Waals surface area contributed by atoms with Gasteiger partial charge in [-0.05, 0) is 48.5 Å². The van der Waals surface area contributed by atoms with Gasteiger partial charge in [-0.3, -0.25) is 0 Å². The van der Waals surface area contributed by atoms with E-state index in [2.05, 4.69) is 0 Å². The molecule has 4 aromatic heterocycles. The number of para-hydroxylation sites is 4. The van der Waals surface area contributed by atoms with Crippen molar-refractivity contribution in [3.63, 3.8) is 0 Å². The highest BCUT2D eigenvalue weighted by molar-refractivity contribution is 5.98. The number of hydrogen-bond donors (Lipinski definition) is 0. The Kier molecular flexibility index (Phi) is 3.15. The van der Waals surface area contributed by atoms with Crippen molar-refractivity contribution >= 4 is 44.4 Å². The molecule has 1 aliphatic heterocycles. The fourth-order valence-electron chi connectivity index (χ4n) is 4.93. The highest BCUT2D eigenvalue weighted by Crippen LogP contribution is 2.40. The zero-order valence-electron chi connectivity index (χ0n) is 18.4. The lowest BCUT2D eigenvalue weighted by molar-refractivity contribution is 0.590. The lowest BCUT2D eigenvalue weighted by Crippen LogP contribution is -1.78. The van der Waals surface area contributed by atoms with E-state index in [0.29, 0.717) is 90.2 Å². The van der Waals surface area contributed by atoms with Gasteiger partial charge >= 0.3 is 0 Å². The van der Waals surface area contributed by atoms with Crippen LogP contribution in [0, 0.1) is 0 Å². The van der Waals surface area contributed by atoms with Crippen molar-refractivity contribution in [3.05, 3.63) is 72.8 Å². The largest absolute Gasteiger partial charge is 0.435 e. The molecule has 0 amide bonds. The first-order chi connectivity index (χ1) is 17.8. The number of nitrogens with zero attached hydrogens (tertiary/aromatic N) is 4. The van der Waals surface area contributed by atoms with Crippen LogP contribution in [-0.2, 0) is 0 Å². The third-order valence-electron chi connectivity index (χ3n) is 6.58. The van der Waals surface area contributed by atoms with Gasteiger partial charge in [-0.1, -0.05) is 24.3 Å². The van der Waals surface area contributed by atoms with Gasteiger partial charge < -0.3 is 17.7 Å². The first-order valence-electron chi connectivity index (χ1n) is 11.4. The molecule has 8 heteroatoms. The van der Waals surface area contributed by atoms with Crippen molar-refractivity contribution in [1.82, 2.24) is 19.9 Å². The predicted molar refractivity (Wildman–Crippen MR) is 132 cm³/mol. The normalized spacial score (nSPS) is 12.4. The van der Waals surface area contributed by atoms with Crippen molar-refractivity contribution in [1.29, 1.82) is 0 Å². The van der Waals surface area contributed by atoms with E-state index in [9.17, 15) is 0 Å². The molecule has 0 radical (unpaired) electrons. The summed E-state index contributed by atoms with van der Waals surface area (Å²) in [5.41, 5.74) is 7.86. The number of hydrogen-bond acceptors (Lipinski definition) is 8. The average molecular weight is 468 g/mol. The fraction of sp³-hybridized carbons (Fsp3) is 0. The van der Waals surface area contributed by atoms with Gasteiger partial charge in [0.25, 0.3) is 0 Å². The summed E-state index contributed by atoms with van der Waals surface area (Å²) in [5, 5.41) is 0. The first-order valence-corrected chi connectivity index (χ1v) is 11.4. The third-order valence-corrected chi connectivity index (χ3v) is 6.58. The van der Waals surface area contributed by atoms with Crippen LogP contribution in [0.15, 0.2) is 90.5 Å². The number of oxazole rings is 4. The molecule has 0 spiro atoms. The molecule has 5 heterocycles. The molecule has 168 valence electrons. The molecule has 0 atom stereocenters. The highest BCUT2D eigenvalue weighted by atomic mass is 16.4. The Morgan fingerprint density at radius 3 is 0.833 bits per heavy atom. The minimum absolute atomic E-state index is 0.426. The van der Waals surface area contributed by atoms with Crippen LogP contribution in [0.2, 0.25) is 0 Å². The quantitative estimate of drug-likeness (QED) is 0.229. The van der Waals surface area contributed by atoms with Gasteiger partial charge in [0.15, 0.2) is 22.3 Å². The van der Waals surface area contributed by atoms with Crippen molar-refractivity contribution in [2.75, 3.05) is 0 Å². The summed E-state index contributed by atoms with van der Waals surface area (Å²) in [6, 6.07) is 22.8. The maximum absolute atomic E-state index is 6.31. The van der Waals surface area contributed by atoms with Crippen molar-refractivity contribution in [2.45, 2.75) is 0 Å². The number of fused-ring (bicyclic) bond motifs is 8. The Hall–Kier alpha value is -5.24. The number of benzene rings is 4. The molecule has 36 heavy (non-hydrogen) atoms. The number of rotatable bonds is 0. The molecule has 0 unspecified atom stereocenters. The van der Waals surface area contributed by atoms with Crippen LogP contribution >= 0.6 is 0 Å². The predicted octanol–water partition coefficient (Wildman–Crippen LogP) is 7.23. The minimum atomic E-state index is 0.426. The van der Waals surface area contributed by atoms with Gasteiger partial charge in [0.1, 0.15) is 22.1 Å². The van der Waals surface area contributed by atoms with Crippen molar-refractivity contribution in [3.8, 4) is 45.8 Å². The molecule has 8 aromatic rings. The molecular weight excluding hydrogens is 456 g/mol. The van der Waals surface area contributed by atoms with Gasteiger partial charge in [0.05, 0.1) is 22.3 Å². The second-order valence-corrected chi connectivity index (χ2v) is 8.69. The molecular formula is C28H12N4O4. The van der Waals surface area contributed by atoms with Crippen LogP contribution in [-0.4, -0.2) is 19.9 Å². The Morgan fingerprint density at radius 2 is 0.583 bits per heavy atom. The van der Waals surface area contributed by atoms with Crippen LogP contribution in [0.3, 0.4) is 0 Å². The van der Waals surface area contributed by atoms with Crippen LogP contribution < -0.4 is 0 Å². The molecule has 8 nitrogen and oxygen atoms in total. The first kappa shape index (κ1) is 18.1. The summed E-state index contributed by atoms with van der Waals surface area (Å²) in [6.45, 7) is 0. The summed E-state index contributed by atoms with van der Waals surface area (Å²) in [6.07, 6.45) is 0. The zero-order valence-corrected chi connectivity index (χ0v) is 18.4. The van der Waals surface area contributed by atoms with Gasteiger partial charge in [0.2, 0.25) is 23.6 Å². The molecule has 0 aliphatic carbocycles. The zero-order chi connectivity index (χ0) is 23.4. The molecule has 0 fully saturated rings. The monoisotopic (exact) mass is 468 g/mol. The third kappa shape index (κ3) is 2.27. The van der Waals surface area contributed by atoms with E-state index in [4.69, 9.17) is 37.6 Å². The van der Waals surface area contributed by atoms with Crippen LogP contribution in [0.25, 0.3) is 90.2 Å². The standard InChI is InChI=1S/C28H12N4O4/c1-5-13-21-17(9-1)29-26(33-21)14-6-2-11-19-23(14)35-28(31-19)16-8-4-12-20-24(16)36-27(32-20)15-7-3-10-18-22(15)34-25(13)30-18/h1-12H. The molecule has 0 saturated carbocycles. The smallest absolute Gasteiger partial charge is 0.231 e. The Morgan fingerprint density at radius 1 is 0.333 bits per heavy atom. The maximum atomic E-state index is 6.31. The van der Waals surface area contributed by atoms with Gasteiger partial charge in [-0.2, -0.15) is 0 Å². The SMILES string of the molecule is c1cc2c3oc(nc3c1)-c1cccc3nc(oc13)-c1cccc3nc(oc13)-c1cccc3nc-2oc13. The lowest BCUT2D eigenvalue weighted by atomic mass is 10.2. The van der Waals surface area contributed by atoms with E-state index >= 15 is 0 Å². The van der Waals surface area contributed by atoms with E-state index in [-0.39, 0.29) is 0 Å². The van der Waals surface area contributed by atoms with Gasteiger partial charge in [-0.25, -0.2) is 19.9 Å². The minimum Gasteiger partial charge on any atom is -0.435 e. The Labute approximate surface area is 200 Å². The molecule has 8 bridgehead atoms.